The second kappa shape index (κ2) is 6.84. The molecule has 0 saturated carbocycles. The minimum absolute atomic E-state index is 0.0404. The maximum absolute atomic E-state index is 13.4. The highest BCUT2D eigenvalue weighted by molar-refractivity contribution is 6.00. The summed E-state index contributed by atoms with van der Waals surface area (Å²) in [5.41, 5.74) is 0.169. The predicted octanol–water partition coefficient (Wildman–Crippen LogP) is 1.39. The molecule has 2 amide bonds. The standard InChI is InChI=1S/C17H21F2N3O2/c1-20-8-11-2-3-21(9-11)17(24)12-4-16(23)22(10-12)15-6-13(18)5-14(19)7-15/h5-7,11-12,20H,2-4,8-10H2,1H3. The van der Waals surface area contributed by atoms with E-state index in [1.807, 2.05) is 7.05 Å². The number of likely N-dealkylation sites (tertiary alicyclic amines) is 1. The van der Waals surface area contributed by atoms with Gasteiger partial charge < -0.3 is 15.1 Å². The number of rotatable bonds is 4. The van der Waals surface area contributed by atoms with E-state index in [9.17, 15) is 18.4 Å². The van der Waals surface area contributed by atoms with Crippen molar-refractivity contribution in [3.63, 3.8) is 0 Å². The molecule has 130 valence electrons. The van der Waals surface area contributed by atoms with Crippen molar-refractivity contribution in [2.75, 3.05) is 38.1 Å². The summed E-state index contributed by atoms with van der Waals surface area (Å²) >= 11 is 0. The molecule has 2 aliphatic rings. The summed E-state index contributed by atoms with van der Waals surface area (Å²) in [6, 6.07) is 3.00. The first-order valence-corrected chi connectivity index (χ1v) is 8.17. The average Bonchev–Trinajstić information content (AvgIpc) is 3.13. The predicted molar refractivity (Wildman–Crippen MR) is 85.4 cm³/mol. The number of nitrogens with zero attached hydrogens (tertiary/aromatic N) is 2. The molecule has 0 aliphatic carbocycles. The van der Waals surface area contributed by atoms with Crippen LogP contribution in [-0.4, -0.2) is 49.9 Å². The first kappa shape index (κ1) is 16.8. The molecular weight excluding hydrogens is 316 g/mol. The van der Waals surface area contributed by atoms with Gasteiger partial charge in [-0.1, -0.05) is 0 Å². The van der Waals surface area contributed by atoms with Crippen LogP contribution in [0, 0.1) is 23.5 Å². The number of hydrogen-bond acceptors (Lipinski definition) is 3. The van der Waals surface area contributed by atoms with Gasteiger partial charge in [-0.05, 0) is 38.1 Å². The second-order valence-electron chi connectivity index (χ2n) is 6.53. The SMILES string of the molecule is CNCC1CCN(C(=O)C2CC(=O)N(c3cc(F)cc(F)c3)C2)C1. The van der Waals surface area contributed by atoms with Crippen LogP contribution in [0.15, 0.2) is 18.2 Å². The molecule has 1 aromatic carbocycles. The number of carbonyl (C=O) groups is 2. The maximum Gasteiger partial charge on any atom is 0.228 e. The molecule has 7 heteroatoms. The van der Waals surface area contributed by atoms with E-state index in [0.717, 1.165) is 31.2 Å². The minimum Gasteiger partial charge on any atom is -0.342 e. The third-order valence-corrected chi connectivity index (χ3v) is 4.72. The number of carbonyl (C=O) groups excluding carboxylic acids is 2. The van der Waals surface area contributed by atoms with E-state index in [4.69, 9.17) is 0 Å². The van der Waals surface area contributed by atoms with Crippen molar-refractivity contribution in [3.8, 4) is 0 Å². The van der Waals surface area contributed by atoms with Gasteiger partial charge in [0.25, 0.3) is 0 Å². The van der Waals surface area contributed by atoms with Gasteiger partial charge >= 0.3 is 0 Å². The monoisotopic (exact) mass is 337 g/mol. The molecular formula is C17H21F2N3O2. The number of benzene rings is 1. The minimum atomic E-state index is -0.734. The second-order valence-corrected chi connectivity index (χ2v) is 6.53. The van der Waals surface area contributed by atoms with Gasteiger partial charge in [0.2, 0.25) is 11.8 Å². The van der Waals surface area contributed by atoms with E-state index in [0.29, 0.717) is 19.0 Å². The Morgan fingerprint density at radius 2 is 1.96 bits per heavy atom. The van der Waals surface area contributed by atoms with Crippen LogP contribution < -0.4 is 10.2 Å². The van der Waals surface area contributed by atoms with Crippen LogP contribution in [-0.2, 0) is 9.59 Å². The zero-order valence-electron chi connectivity index (χ0n) is 13.6. The van der Waals surface area contributed by atoms with Gasteiger partial charge in [-0.2, -0.15) is 0 Å². The third kappa shape index (κ3) is 3.40. The fourth-order valence-electron chi connectivity index (χ4n) is 3.56. The highest BCUT2D eigenvalue weighted by atomic mass is 19.1. The third-order valence-electron chi connectivity index (χ3n) is 4.72. The van der Waals surface area contributed by atoms with Crippen LogP contribution in [0.2, 0.25) is 0 Å². The Morgan fingerprint density at radius 1 is 1.25 bits per heavy atom. The van der Waals surface area contributed by atoms with E-state index >= 15 is 0 Å². The lowest BCUT2D eigenvalue weighted by Gasteiger charge is -2.21. The van der Waals surface area contributed by atoms with E-state index in [1.165, 1.54) is 4.90 Å². The van der Waals surface area contributed by atoms with Crippen LogP contribution >= 0.6 is 0 Å². The molecule has 0 bridgehead atoms. The molecule has 5 nitrogen and oxygen atoms in total. The summed E-state index contributed by atoms with van der Waals surface area (Å²) in [6.45, 7) is 2.43. The largest absolute Gasteiger partial charge is 0.342 e. The lowest BCUT2D eigenvalue weighted by Crippen LogP contribution is -2.36. The highest BCUT2D eigenvalue weighted by Crippen LogP contribution is 2.29. The van der Waals surface area contributed by atoms with E-state index in [2.05, 4.69) is 5.32 Å². The molecule has 2 fully saturated rings. The van der Waals surface area contributed by atoms with Crippen LogP contribution in [0.5, 0.6) is 0 Å². The van der Waals surface area contributed by atoms with Crippen molar-refractivity contribution in [2.24, 2.45) is 11.8 Å². The molecule has 0 aromatic heterocycles. The van der Waals surface area contributed by atoms with Crippen LogP contribution in [0.25, 0.3) is 0 Å². The van der Waals surface area contributed by atoms with Gasteiger partial charge in [0.05, 0.1) is 5.92 Å². The molecule has 1 N–H and O–H groups in total. The summed E-state index contributed by atoms with van der Waals surface area (Å²) in [5, 5.41) is 3.11. The highest BCUT2D eigenvalue weighted by Gasteiger charge is 2.39. The Morgan fingerprint density at radius 3 is 2.62 bits per heavy atom. The molecule has 2 heterocycles. The summed E-state index contributed by atoms with van der Waals surface area (Å²) < 4.78 is 26.7. The Hall–Kier alpha value is -2.02. The Balaban J connectivity index is 1.67. The molecule has 0 spiro atoms. The summed E-state index contributed by atoms with van der Waals surface area (Å²) in [5.74, 6) is -1.80. The lowest BCUT2D eigenvalue weighted by atomic mass is 10.1. The van der Waals surface area contributed by atoms with E-state index < -0.39 is 17.6 Å². The number of anilines is 1. The summed E-state index contributed by atoms with van der Waals surface area (Å²) in [6.07, 6.45) is 1.04. The fraction of sp³-hybridized carbons (Fsp3) is 0.529. The molecule has 24 heavy (non-hydrogen) atoms. The topological polar surface area (TPSA) is 52.7 Å². The quantitative estimate of drug-likeness (QED) is 0.903. The molecule has 2 unspecified atom stereocenters. The maximum atomic E-state index is 13.4. The van der Waals surface area contributed by atoms with E-state index in [1.54, 1.807) is 4.90 Å². The van der Waals surface area contributed by atoms with Crippen molar-refractivity contribution in [2.45, 2.75) is 12.8 Å². The van der Waals surface area contributed by atoms with Crippen LogP contribution in [0.1, 0.15) is 12.8 Å². The number of halogens is 2. The molecule has 0 radical (unpaired) electrons. The molecule has 3 rings (SSSR count). The number of hydrogen-bond donors (Lipinski definition) is 1. The first-order valence-electron chi connectivity index (χ1n) is 8.17. The Bertz CT molecular complexity index is 632. The molecule has 1 aromatic rings. The van der Waals surface area contributed by atoms with Gasteiger partial charge in [0.15, 0.2) is 0 Å². The van der Waals surface area contributed by atoms with Gasteiger partial charge in [-0.25, -0.2) is 8.78 Å². The average molecular weight is 337 g/mol. The Kier molecular flexibility index (Phi) is 4.80. The number of nitrogens with one attached hydrogen (secondary N) is 1. The summed E-state index contributed by atoms with van der Waals surface area (Å²) in [4.78, 5) is 27.9. The van der Waals surface area contributed by atoms with Crippen LogP contribution in [0.4, 0.5) is 14.5 Å². The van der Waals surface area contributed by atoms with Crippen molar-refractivity contribution in [1.82, 2.24) is 10.2 Å². The smallest absolute Gasteiger partial charge is 0.228 e. The zero-order chi connectivity index (χ0) is 17.3. The van der Waals surface area contributed by atoms with Crippen molar-refractivity contribution >= 4 is 17.5 Å². The van der Waals surface area contributed by atoms with Gasteiger partial charge in [-0.15, -0.1) is 0 Å². The summed E-state index contributed by atoms with van der Waals surface area (Å²) in [7, 11) is 1.89. The first-order chi connectivity index (χ1) is 11.5. The van der Waals surface area contributed by atoms with Crippen molar-refractivity contribution in [1.29, 1.82) is 0 Å². The van der Waals surface area contributed by atoms with E-state index in [-0.39, 0.29) is 30.5 Å². The Labute approximate surface area is 139 Å². The normalized spacial score (nSPS) is 24.0. The van der Waals surface area contributed by atoms with Gasteiger partial charge in [-0.3, -0.25) is 9.59 Å². The number of amides is 2. The lowest BCUT2D eigenvalue weighted by molar-refractivity contribution is -0.134. The van der Waals surface area contributed by atoms with Crippen molar-refractivity contribution in [3.05, 3.63) is 29.8 Å². The van der Waals surface area contributed by atoms with Crippen LogP contribution in [0.3, 0.4) is 0 Å². The van der Waals surface area contributed by atoms with Gasteiger partial charge in [0.1, 0.15) is 11.6 Å². The molecule has 2 saturated heterocycles. The molecule has 2 atom stereocenters. The van der Waals surface area contributed by atoms with Gasteiger partial charge in [0, 0.05) is 37.8 Å². The zero-order valence-corrected chi connectivity index (χ0v) is 13.6. The van der Waals surface area contributed by atoms with Crippen molar-refractivity contribution < 1.29 is 18.4 Å². The molecule has 2 aliphatic heterocycles. The fourth-order valence-corrected chi connectivity index (χ4v) is 3.56.